The van der Waals surface area contributed by atoms with Crippen molar-refractivity contribution in [3.8, 4) is 5.75 Å². The van der Waals surface area contributed by atoms with Gasteiger partial charge in [-0.15, -0.1) is 0 Å². The van der Waals surface area contributed by atoms with Crippen molar-refractivity contribution in [2.24, 2.45) is 0 Å². The number of rotatable bonds is 8. The number of ether oxygens (including phenoxy) is 2. The van der Waals surface area contributed by atoms with Crippen LogP contribution in [-0.4, -0.2) is 42.5 Å². The fourth-order valence-electron chi connectivity index (χ4n) is 3.13. The number of hydrogen-bond acceptors (Lipinski definition) is 5. The fourth-order valence-corrected chi connectivity index (χ4v) is 3.13. The van der Waals surface area contributed by atoms with E-state index in [1.807, 2.05) is 27.7 Å². The molecule has 0 aliphatic carbocycles. The van der Waals surface area contributed by atoms with E-state index in [0.29, 0.717) is 16.9 Å². The van der Waals surface area contributed by atoms with Gasteiger partial charge in [0.15, 0.2) is 6.61 Å². The highest BCUT2D eigenvalue weighted by Crippen LogP contribution is 2.20. The van der Waals surface area contributed by atoms with Gasteiger partial charge in [-0.1, -0.05) is 0 Å². The number of ketones is 1. The summed E-state index contributed by atoms with van der Waals surface area (Å²) < 4.78 is 12.1. The predicted octanol–water partition coefficient (Wildman–Crippen LogP) is 2.85. The maximum absolute atomic E-state index is 12.4. The highest BCUT2D eigenvalue weighted by Gasteiger charge is 2.18. The number of nitrogens with one attached hydrogen (secondary N) is 1. The SMILES string of the molecule is COc1ccc(C(=O)NCC(=O)OCC(=O)c2cc(C)n(C(C)C)c2C)cc1. The summed E-state index contributed by atoms with van der Waals surface area (Å²) in [5.74, 6) is -0.722. The van der Waals surface area contributed by atoms with Crippen molar-refractivity contribution in [3.63, 3.8) is 0 Å². The van der Waals surface area contributed by atoms with E-state index in [-0.39, 0.29) is 25.0 Å². The average Bonchev–Trinajstić information content (AvgIpc) is 2.98. The summed E-state index contributed by atoms with van der Waals surface area (Å²) in [5, 5.41) is 2.47. The molecule has 0 saturated carbocycles. The molecule has 28 heavy (non-hydrogen) atoms. The van der Waals surface area contributed by atoms with Gasteiger partial charge >= 0.3 is 5.97 Å². The molecule has 1 aromatic carbocycles. The van der Waals surface area contributed by atoms with Crippen LogP contribution < -0.4 is 10.1 Å². The molecule has 2 aromatic rings. The smallest absolute Gasteiger partial charge is 0.325 e. The van der Waals surface area contributed by atoms with Gasteiger partial charge in [-0.3, -0.25) is 14.4 Å². The quantitative estimate of drug-likeness (QED) is 0.557. The molecule has 1 N–H and O–H groups in total. The Bertz CT molecular complexity index is 866. The molecular weight excluding hydrogens is 360 g/mol. The molecule has 0 unspecified atom stereocenters. The first-order chi connectivity index (χ1) is 13.2. The van der Waals surface area contributed by atoms with Crippen molar-refractivity contribution in [2.75, 3.05) is 20.3 Å². The van der Waals surface area contributed by atoms with Gasteiger partial charge in [0.25, 0.3) is 5.91 Å². The molecular formula is C21H26N2O5. The van der Waals surface area contributed by atoms with Crippen LogP contribution >= 0.6 is 0 Å². The minimum Gasteiger partial charge on any atom is -0.497 e. The first-order valence-corrected chi connectivity index (χ1v) is 9.04. The van der Waals surface area contributed by atoms with Crippen LogP contribution in [-0.2, 0) is 9.53 Å². The Balaban J connectivity index is 1.86. The third kappa shape index (κ3) is 5.00. The molecule has 1 aromatic heterocycles. The van der Waals surface area contributed by atoms with Crippen LogP contribution in [0.1, 0.15) is 52.0 Å². The Morgan fingerprint density at radius 3 is 2.29 bits per heavy atom. The van der Waals surface area contributed by atoms with Crippen LogP contribution in [0.3, 0.4) is 0 Å². The molecule has 0 aliphatic rings. The minimum absolute atomic E-state index is 0.234. The summed E-state index contributed by atoms with van der Waals surface area (Å²) in [4.78, 5) is 36.3. The summed E-state index contributed by atoms with van der Waals surface area (Å²) in [6, 6.07) is 8.52. The van der Waals surface area contributed by atoms with Gasteiger partial charge in [0.1, 0.15) is 12.3 Å². The Kier molecular flexibility index (Phi) is 6.98. The molecule has 0 atom stereocenters. The summed E-state index contributed by atoms with van der Waals surface area (Å²) in [6.07, 6.45) is 0. The Morgan fingerprint density at radius 2 is 1.75 bits per heavy atom. The molecule has 0 fully saturated rings. The number of carbonyl (C=O) groups is 3. The van der Waals surface area contributed by atoms with Crippen LogP contribution in [0.4, 0.5) is 0 Å². The van der Waals surface area contributed by atoms with Crippen molar-refractivity contribution < 1.29 is 23.9 Å². The van der Waals surface area contributed by atoms with Gasteiger partial charge in [0, 0.05) is 28.6 Å². The molecule has 0 saturated heterocycles. The van der Waals surface area contributed by atoms with E-state index in [9.17, 15) is 14.4 Å². The van der Waals surface area contributed by atoms with Gasteiger partial charge in [0.05, 0.1) is 7.11 Å². The Hall–Kier alpha value is -3.09. The molecule has 0 aliphatic heterocycles. The van der Waals surface area contributed by atoms with Gasteiger partial charge in [0.2, 0.25) is 5.78 Å². The first kappa shape index (κ1) is 21.2. The Morgan fingerprint density at radius 1 is 1.11 bits per heavy atom. The lowest BCUT2D eigenvalue weighted by molar-refractivity contribution is -0.141. The van der Waals surface area contributed by atoms with Crippen LogP contribution in [0.5, 0.6) is 5.75 Å². The second kappa shape index (κ2) is 9.21. The lowest BCUT2D eigenvalue weighted by atomic mass is 10.1. The van der Waals surface area contributed by atoms with E-state index >= 15 is 0 Å². The third-order valence-electron chi connectivity index (χ3n) is 4.41. The number of aromatic nitrogens is 1. The molecule has 0 spiro atoms. The summed E-state index contributed by atoms with van der Waals surface area (Å²) in [5.41, 5.74) is 2.77. The summed E-state index contributed by atoms with van der Waals surface area (Å²) in [7, 11) is 1.53. The molecule has 150 valence electrons. The second-order valence-electron chi connectivity index (χ2n) is 6.74. The highest BCUT2D eigenvalue weighted by atomic mass is 16.5. The molecule has 2 rings (SSSR count). The molecule has 7 nitrogen and oxygen atoms in total. The topological polar surface area (TPSA) is 86.6 Å². The molecule has 1 amide bonds. The summed E-state index contributed by atoms with van der Waals surface area (Å²) >= 11 is 0. The van der Waals surface area contributed by atoms with Crippen molar-refractivity contribution in [2.45, 2.75) is 33.7 Å². The van der Waals surface area contributed by atoms with Crippen LogP contribution in [0.2, 0.25) is 0 Å². The van der Waals surface area contributed by atoms with Gasteiger partial charge in [-0.2, -0.15) is 0 Å². The zero-order chi connectivity index (χ0) is 20.8. The normalized spacial score (nSPS) is 10.6. The number of amides is 1. The third-order valence-corrected chi connectivity index (χ3v) is 4.41. The lowest BCUT2D eigenvalue weighted by Gasteiger charge is -2.13. The monoisotopic (exact) mass is 386 g/mol. The average molecular weight is 386 g/mol. The van der Waals surface area contributed by atoms with Crippen LogP contribution in [0.25, 0.3) is 0 Å². The highest BCUT2D eigenvalue weighted by molar-refractivity contribution is 6.00. The van der Waals surface area contributed by atoms with E-state index in [4.69, 9.17) is 9.47 Å². The fraction of sp³-hybridized carbons (Fsp3) is 0.381. The molecule has 0 bridgehead atoms. The number of methoxy groups -OCH3 is 1. The number of aryl methyl sites for hydroxylation is 1. The van der Waals surface area contributed by atoms with Crippen molar-refractivity contribution in [3.05, 3.63) is 52.8 Å². The molecule has 0 radical (unpaired) electrons. The van der Waals surface area contributed by atoms with Gasteiger partial charge in [-0.05, 0) is 58.0 Å². The van der Waals surface area contributed by atoms with Gasteiger partial charge < -0.3 is 19.4 Å². The number of Topliss-reactive ketones (excluding diaryl/α,β-unsaturated/α-hetero) is 1. The first-order valence-electron chi connectivity index (χ1n) is 9.04. The molecule has 1 heterocycles. The largest absolute Gasteiger partial charge is 0.497 e. The zero-order valence-electron chi connectivity index (χ0n) is 16.9. The number of nitrogens with zero attached hydrogens (tertiary/aromatic N) is 1. The summed E-state index contributed by atoms with van der Waals surface area (Å²) in [6.45, 7) is 7.21. The zero-order valence-corrected chi connectivity index (χ0v) is 16.9. The van der Waals surface area contributed by atoms with Crippen molar-refractivity contribution in [1.82, 2.24) is 9.88 Å². The maximum atomic E-state index is 12.4. The number of benzene rings is 1. The van der Waals surface area contributed by atoms with E-state index in [0.717, 1.165) is 11.4 Å². The number of carbonyl (C=O) groups excluding carboxylic acids is 3. The van der Waals surface area contributed by atoms with Crippen molar-refractivity contribution >= 4 is 17.7 Å². The molecule has 7 heteroatoms. The number of esters is 1. The van der Waals surface area contributed by atoms with Crippen LogP contribution in [0, 0.1) is 13.8 Å². The van der Waals surface area contributed by atoms with E-state index in [2.05, 4.69) is 9.88 Å². The predicted molar refractivity (Wildman–Crippen MR) is 105 cm³/mol. The lowest BCUT2D eigenvalue weighted by Crippen LogP contribution is -2.31. The minimum atomic E-state index is -0.673. The van der Waals surface area contributed by atoms with Crippen LogP contribution in [0.15, 0.2) is 30.3 Å². The van der Waals surface area contributed by atoms with E-state index in [1.165, 1.54) is 7.11 Å². The Labute approximate surface area is 164 Å². The standard InChI is InChI=1S/C21H26N2O5/c1-13(2)23-14(3)10-18(15(23)4)19(24)12-28-20(25)11-22-21(26)16-6-8-17(27-5)9-7-16/h6-10,13H,11-12H2,1-5H3,(H,22,26). The van der Waals surface area contributed by atoms with Gasteiger partial charge in [-0.25, -0.2) is 0 Å². The van der Waals surface area contributed by atoms with Crippen molar-refractivity contribution in [1.29, 1.82) is 0 Å². The van der Waals surface area contributed by atoms with E-state index < -0.39 is 11.9 Å². The van der Waals surface area contributed by atoms with E-state index in [1.54, 1.807) is 30.3 Å². The second-order valence-corrected chi connectivity index (χ2v) is 6.74. The number of hydrogen-bond donors (Lipinski definition) is 1. The maximum Gasteiger partial charge on any atom is 0.325 e.